The highest BCUT2D eigenvalue weighted by Crippen LogP contribution is 2.29. The molecule has 3 aromatic rings. The first-order valence-corrected chi connectivity index (χ1v) is 6.27. The second-order valence-corrected chi connectivity index (χ2v) is 4.39. The Morgan fingerprint density at radius 1 is 1.00 bits per heavy atom. The lowest BCUT2D eigenvalue weighted by Crippen LogP contribution is -1.98. The number of nitriles is 1. The van der Waals surface area contributed by atoms with Gasteiger partial charge in [-0.3, -0.25) is 0 Å². The van der Waals surface area contributed by atoms with E-state index in [0.29, 0.717) is 5.56 Å². The number of hydrogen-bond donors (Lipinski definition) is 1. The summed E-state index contributed by atoms with van der Waals surface area (Å²) in [5, 5.41) is 22.6. The Balaban J connectivity index is 2.29. The van der Waals surface area contributed by atoms with Gasteiger partial charge >= 0.3 is 0 Å². The molecule has 0 aliphatic carbocycles. The van der Waals surface area contributed by atoms with Crippen molar-refractivity contribution < 1.29 is 0 Å². The fourth-order valence-corrected chi connectivity index (χ4v) is 2.24. The molecular weight excluding hydrogens is 248 g/mol. The molecular formula is C16H12N4. The number of benzene rings is 2. The highest BCUT2D eigenvalue weighted by atomic mass is 15.2. The first-order valence-electron chi connectivity index (χ1n) is 6.27. The largest absolute Gasteiger partial charge is 0.371 e. The van der Waals surface area contributed by atoms with Gasteiger partial charge in [0.25, 0.3) is 0 Å². The van der Waals surface area contributed by atoms with Gasteiger partial charge in [-0.1, -0.05) is 36.4 Å². The smallest absolute Gasteiger partial charge is 0.156 e. The van der Waals surface area contributed by atoms with E-state index in [0.717, 1.165) is 27.8 Å². The number of anilines is 1. The van der Waals surface area contributed by atoms with Crippen LogP contribution in [0.3, 0.4) is 0 Å². The molecule has 0 aliphatic rings. The standard InChI is InChI=1S/C16H12N4/c1-18-16-14-8-3-2-7-13(14)15(19-20-16)12-6-4-5-11(9-12)10-17/h2-9H,1H3,(H,18,20). The van der Waals surface area contributed by atoms with Crippen LogP contribution in [0.4, 0.5) is 5.82 Å². The van der Waals surface area contributed by atoms with Gasteiger partial charge in [0.15, 0.2) is 5.82 Å². The maximum absolute atomic E-state index is 9.01. The van der Waals surface area contributed by atoms with Gasteiger partial charge in [0.2, 0.25) is 0 Å². The summed E-state index contributed by atoms with van der Waals surface area (Å²) in [6.45, 7) is 0. The summed E-state index contributed by atoms with van der Waals surface area (Å²) in [6.07, 6.45) is 0. The molecule has 3 rings (SSSR count). The van der Waals surface area contributed by atoms with E-state index in [2.05, 4.69) is 21.6 Å². The van der Waals surface area contributed by atoms with Crippen LogP contribution in [-0.4, -0.2) is 17.2 Å². The lowest BCUT2D eigenvalue weighted by atomic mass is 10.0. The van der Waals surface area contributed by atoms with Gasteiger partial charge in [-0.15, -0.1) is 10.2 Å². The lowest BCUT2D eigenvalue weighted by Gasteiger charge is -2.08. The van der Waals surface area contributed by atoms with Crippen molar-refractivity contribution in [3.63, 3.8) is 0 Å². The zero-order valence-corrected chi connectivity index (χ0v) is 11.0. The molecule has 4 nitrogen and oxygen atoms in total. The van der Waals surface area contributed by atoms with Gasteiger partial charge < -0.3 is 5.32 Å². The van der Waals surface area contributed by atoms with Crippen molar-refractivity contribution in [2.75, 3.05) is 12.4 Å². The number of rotatable bonds is 2. The van der Waals surface area contributed by atoms with Crippen LogP contribution in [0.25, 0.3) is 22.0 Å². The fourth-order valence-electron chi connectivity index (χ4n) is 2.24. The molecule has 0 amide bonds. The average molecular weight is 260 g/mol. The minimum absolute atomic E-state index is 0.617. The van der Waals surface area contributed by atoms with Gasteiger partial charge in [-0.2, -0.15) is 5.26 Å². The predicted molar refractivity (Wildman–Crippen MR) is 79.2 cm³/mol. The Morgan fingerprint density at radius 2 is 1.80 bits per heavy atom. The van der Waals surface area contributed by atoms with Crippen molar-refractivity contribution in [3.8, 4) is 17.3 Å². The number of fused-ring (bicyclic) bond motifs is 1. The third-order valence-electron chi connectivity index (χ3n) is 3.19. The van der Waals surface area contributed by atoms with Crippen molar-refractivity contribution in [2.24, 2.45) is 0 Å². The van der Waals surface area contributed by atoms with E-state index < -0.39 is 0 Å². The highest BCUT2D eigenvalue weighted by molar-refractivity contribution is 6.00. The maximum atomic E-state index is 9.01. The first-order chi connectivity index (χ1) is 9.83. The van der Waals surface area contributed by atoms with Gasteiger partial charge in [-0.25, -0.2) is 0 Å². The van der Waals surface area contributed by atoms with Gasteiger partial charge in [0, 0.05) is 23.4 Å². The van der Waals surface area contributed by atoms with Crippen molar-refractivity contribution in [2.45, 2.75) is 0 Å². The summed E-state index contributed by atoms with van der Waals surface area (Å²) in [5.41, 5.74) is 2.30. The van der Waals surface area contributed by atoms with Crippen LogP contribution in [0.1, 0.15) is 5.56 Å². The van der Waals surface area contributed by atoms with Crippen LogP contribution < -0.4 is 5.32 Å². The Labute approximate surface area is 116 Å². The van der Waals surface area contributed by atoms with Gasteiger partial charge in [0.05, 0.1) is 11.6 Å². The quantitative estimate of drug-likeness (QED) is 0.768. The summed E-state index contributed by atoms with van der Waals surface area (Å²) in [4.78, 5) is 0. The van der Waals surface area contributed by atoms with E-state index in [9.17, 15) is 0 Å². The molecule has 96 valence electrons. The van der Waals surface area contributed by atoms with Crippen molar-refractivity contribution in [1.82, 2.24) is 10.2 Å². The number of aromatic nitrogens is 2. The number of nitrogens with zero attached hydrogens (tertiary/aromatic N) is 3. The van der Waals surface area contributed by atoms with Crippen molar-refractivity contribution in [1.29, 1.82) is 5.26 Å². The summed E-state index contributed by atoms with van der Waals surface area (Å²) in [5.74, 6) is 0.751. The normalized spacial score (nSPS) is 10.2. The Hall–Kier alpha value is -2.93. The predicted octanol–water partition coefficient (Wildman–Crippen LogP) is 3.21. The van der Waals surface area contributed by atoms with E-state index in [-0.39, 0.29) is 0 Å². The summed E-state index contributed by atoms with van der Waals surface area (Å²) in [7, 11) is 1.83. The number of hydrogen-bond acceptors (Lipinski definition) is 4. The molecule has 0 radical (unpaired) electrons. The fraction of sp³-hybridized carbons (Fsp3) is 0.0625. The topological polar surface area (TPSA) is 61.6 Å². The van der Waals surface area contributed by atoms with Gasteiger partial charge in [0.1, 0.15) is 5.69 Å². The summed E-state index contributed by atoms with van der Waals surface area (Å²) < 4.78 is 0. The van der Waals surface area contributed by atoms with Crippen LogP contribution in [0, 0.1) is 11.3 Å². The molecule has 0 spiro atoms. The van der Waals surface area contributed by atoms with Crippen molar-refractivity contribution >= 4 is 16.6 Å². The van der Waals surface area contributed by atoms with E-state index in [1.54, 1.807) is 6.07 Å². The maximum Gasteiger partial charge on any atom is 0.156 e. The first kappa shape index (κ1) is 12.1. The molecule has 1 heterocycles. The Morgan fingerprint density at radius 3 is 2.55 bits per heavy atom. The van der Waals surface area contributed by atoms with E-state index in [4.69, 9.17) is 5.26 Å². The molecule has 0 unspecified atom stereocenters. The Bertz CT molecular complexity index is 818. The minimum atomic E-state index is 0.617. The van der Waals surface area contributed by atoms with E-state index in [1.165, 1.54) is 0 Å². The van der Waals surface area contributed by atoms with Crippen LogP contribution in [0.5, 0.6) is 0 Å². The SMILES string of the molecule is CNc1nnc(-c2cccc(C#N)c2)c2ccccc12. The molecule has 0 saturated carbocycles. The molecule has 1 N–H and O–H groups in total. The van der Waals surface area contributed by atoms with Crippen LogP contribution in [0.15, 0.2) is 48.5 Å². The second-order valence-electron chi connectivity index (χ2n) is 4.39. The van der Waals surface area contributed by atoms with Crippen LogP contribution in [0.2, 0.25) is 0 Å². The van der Waals surface area contributed by atoms with E-state index >= 15 is 0 Å². The monoisotopic (exact) mass is 260 g/mol. The summed E-state index contributed by atoms with van der Waals surface area (Å²) >= 11 is 0. The lowest BCUT2D eigenvalue weighted by molar-refractivity contribution is 1.05. The van der Waals surface area contributed by atoms with E-state index in [1.807, 2.05) is 49.5 Å². The zero-order valence-electron chi connectivity index (χ0n) is 11.0. The second kappa shape index (κ2) is 4.98. The molecule has 0 atom stereocenters. The molecule has 0 bridgehead atoms. The van der Waals surface area contributed by atoms with Crippen LogP contribution >= 0.6 is 0 Å². The third kappa shape index (κ3) is 1.95. The van der Waals surface area contributed by atoms with Crippen molar-refractivity contribution in [3.05, 3.63) is 54.1 Å². The zero-order chi connectivity index (χ0) is 13.9. The third-order valence-corrected chi connectivity index (χ3v) is 3.19. The average Bonchev–Trinajstić information content (AvgIpc) is 2.54. The molecule has 0 saturated heterocycles. The molecule has 0 aliphatic heterocycles. The Kier molecular flexibility index (Phi) is 3.02. The summed E-state index contributed by atoms with van der Waals surface area (Å²) in [6, 6.07) is 17.5. The molecule has 4 heteroatoms. The minimum Gasteiger partial charge on any atom is -0.371 e. The van der Waals surface area contributed by atoms with Gasteiger partial charge in [-0.05, 0) is 12.1 Å². The molecule has 2 aromatic carbocycles. The highest BCUT2D eigenvalue weighted by Gasteiger charge is 2.10. The molecule has 1 aromatic heterocycles. The number of nitrogens with one attached hydrogen (secondary N) is 1. The van der Waals surface area contributed by atoms with Crippen LogP contribution in [-0.2, 0) is 0 Å². The molecule has 20 heavy (non-hydrogen) atoms. The molecule has 0 fully saturated rings.